The van der Waals surface area contributed by atoms with Gasteiger partial charge in [-0.2, -0.15) is 4.68 Å². The van der Waals surface area contributed by atoms with Gasteiger partial charge in [0.2, 0.25) is 0 Å². The van der Waals surface area contributed by atoms with Crippen molar-refractivity contribution in [1.82, 2.24) is 14.8 Å². The molecule has 0 N–H and O–H groups in total. The summed E-state index contributed by atoms with van der Waals surface area (Å²) in [6.07, 6.45) is 0. The van der Waals surface area contributed by atoms with Crippen LogP contribution in [0.1, 0.15) is 0 Å². The van der Waals surface area contributed by atoms with Crippen molar-refractivity contribution in [2.45, 2.75) is 0 Å². The van der Waals surface area contributed by atoms with E-state index >= 15 is 0 Å². The summed E-state index contributed by atoms with van der Waals surface area (Å²) in [6, 6.07) is 1.64. The molecule has 2 rings (SSSR count). The third-order valence-corrected chi connectivity index (χ3v) is 3.01. The molecule has 0 saturated carbocycles. The monoisotopic (exact) mass is 290 g/mol. The second-order valence-corrected chi connectivity index (χ2v) is 4.05. The van der Waals surface area contributed by atoms with Crippen LogP contribution in [0.3, 0.4) is 0 Å². The number of aryl methyl sites for hydroxylation is 1. The molecule has 0 aliphatic heterocycles. The largest absolute Gasteiger partial charge is 0.416 e. The molecule has 0 spiro atoms. The zero-order valence-corrected chi connectivity index (χ0v) is 9.78. The van der Waals surface area contributed by atoms with Crippen LogP contribution in [0.5, 0.6) is 0 Å². The Bertz CT molecular complexity index is 568. The number of hydrogen-bond donors (Lipinski definition) is 0. The Labute approximate surface area is 97.1 Å². The van der Waals surface area contributed by atoms with E-state index in [0.29, 0.717) is 9.99 Å². The Morgan fingerprint density at radius 2 is 2.33 bits per heavy atom. The lowest BCUT2D eigenvalue weighted by molar-refractivity contribution is -0.388. The highest BCUT2D eigenvalue weighted by Crippen LogP contribution is 2.29. The standard InChI is InChI=1S/C7H4BrClN4O2/c1-12-4-2-3(8)6(9)10-5(4)7(11-12)13(14)15/h2H,1H3. The van der Waals surface area contributed by atoms with Crippen LogP contribution in [-0.2, 0) is 7.05 Å². The lowest BCUT2D eigenvalue weighted by Crippen LogP contribution is -1.92. The van der Waals surface area contributed by atoms with E-state index in [9.17, 15) is 10.1 Å². The van der Waals surface area contributed by atoms with Gasteiger partial charge in [0.25, 0.3) is 0 Å². The van der Waals surface area contributed by atoms with Crippen molar-refractivity contribution in [2.75, 3.05) is 0 Å². The van der Waals surface area contributed by atoms with Crippen LogP contribution in [0, 0.1) is 10.1 Å². The molecule has 0 unspecified atom stereocenters. The summed E-state index contributed by atoms with van der Waals surface area (Å²) >= 11 is 8.95. The molecular weight excluding hydrogens is 287 g/mol. The van der Waals surface area contributed by atoms with E-state index in [0.717, 1.165) is 0 Å². The zero-order chi connectivity index (χ0) is 11.2. The molecule has 78 valence electrons. The predicted octanol–water partition coefficient (Wildman–Crippen LogP) is 2.29. The number of fused-ring (bicyclic) bond motifs is 1. The number of pyridine rings is 1. The Morgan fingerprint density at radius 1 is 1.67 bits per heavy atom. The third-order valence-electron chi connectivity index (χ3n) is 1.89. The SMILES string of the molecule is Cn1nc([N+](=O)[O-])c2nc(Cl)c(Br)cc21. The molecule has 0 atom stereocenters. The van der Waals surface area contributed by atoms with Gasteiger partial charge in [0.05, 0.1) is 16.6 Å². The van der Waals surface area contributed by atoms with E-state index in [4.69, 9.17) is 11.6 Å². The summed E-state index contributed by atoms with van der Waals surface area (Å²) in [4.78, 5) is 14.0. The number of aromatic nitrogens is 3. The highest BCUT2D eigenvalue weighted by molar-refractivity contribution is 9.10. The molecule has 2 aromatic rings. The first kappa shape index (κ1) is 10.3. The van der Waals surface area contributed by atoms with Crippen molar-refractivity contribution in [3.05, 3.63) is 25.8 Å². The molecule has 0 bridgehead atoms. The van der Waals surface area contributed by atoms with E-state index < -0.39 is 4.92 Å². The van der Waals surface area contributed by atoms with Crippen molar-refractivity contribution in [2.24, 2.45) is 7.05 Å². The van der Waals surface area contributed by atoms with E-state index in [1.54, 1.807) is 13.1 Å². The molecule has 0 saturated heterocycles. The van der Waals surface area contributed by atoms with Crippen molar-refractivity contribution in [3.63, 3.8) is 0 Å². The third kappa shape index (κ3) is 1.57. The maximum absolute atomic E-state index is 10.7. The zero-order valence-electron chi connectivity index (χ0n) is 7.44. The fourth-order valence-corrected chi connectivity index (χ4v) is 1.68. The molecule has 8 heteroatoms. The van der Waals surface area contributed by atoms with Crippen LogP contribution in [0.2, 0.25) is 5.15 Å². The minimum atomic E-state index is -0.584. The smallest absolute Gasteiger partial charge is 0.358 e. The van der Waals surface area contributed by atoms with Crippen LogP contribution in [0.4, 0.5) is 5.82 Å². The predicted molar refractivity (Wildman–Crippen MR) is 57.9 cm³/mol. The Morgan fingerprint density at radius 3 is 2.93 bits per heavy atom. The minimum Gasteiger partial charge on any atom is -0.358 e. The molecule has 15 heavy (non-hydrogen) atoms. The van der Waals surface area contributed by atoms with Crippen molar-refractivity contribution >= 4 is 44.4 Å². The van der Waals surface area contributed by atoms with Gasteiger partial charge in [0.1, 0.15) is 10.7 Å². The molecule has 0 aliphatic rings. The second kappa shape index (κ2) is 3.42. The molecule has 0 amide bonds. The number of halogens is 2. The normalized spacial score (nSPS) is 10.9. The van der Waals surface area contributed by atoms with Crippen LogP contribution >= 0.6 is 27.5 Å². The van der Waals surface area contributed by atoms with Gasteiger partial charge in [-0.1, -0.05) is 11.6 Å². The molecule has 0 radical (unpaired) electrons. The molecule has 2 aromatic heterocycles. The molecular formula is C7H4BrClN4O2. The summed E-state index contributed by atoms with van der Waals surface area (Å²) in [5.41, 5.74) is 0.744. The van der Waals surface area contributed by atoms with Gasteiger partial charge in [-0.25, -0.2) is 4.98 Å². The first-order chi connectivity index (χ1) is 7.00. The fourth-order valence-electron chi connectivity index (χ4n) is 1.23. The van der Waals surface area contributed by atoms with Crippen molar-refractivity contribution < 1.29 is 4.92 Å². The molecule has 6 nitrogen and oxygen atoms in total. The second-order valence-electron chi connectivity index (χ2n) is 2.83. The Kier molecular flexibility index (Phi) is 2.35. The van der Waals surface area contributed by atoms with Gasteiger partial charge >= 0.3 is 5.82 Å². The van der Waals surface area contributed by atoms with Crippen molar-refractivity contribution in [3.8, 4) is 0 Å². The summed E-state index contributed by atoms with van der Waals surface area (Å²) in [7, 11) is 1.61. The molecule has 0 aliphatic carbocycles. The maximum atomic E-state index is 10.7. The van der Waals surface area contributed by atoms with E-state index in [2.05, 4.69) is 26.0 Å². The Balaban J connectivity index is 2.88. The van der Waals surface area contributed by atoms with Crippen LogP contribution < -0.4 is 0 Å². The topological polar surface area (TPSA) is 73.8 Å². The van der Waals surface area contributed by atoms with Crippen LogP contribution in [-0.4, -0.2) is 19.7 Å². The van der Waals surface area contributed by atoms with Crippen molar-refractivity contribution in [1.29, 1.82) is 0 Å². The number of nitro groups is 1. The molecule has 2 heterocycles. The number of nitrogens with zero attached hydrogens (tertiary/aromatic N) is 4. The lowest BCUT2D eigenvalue weighted by Gasteiger charge is -1.94. The highest BCUT2D eigenvalue weighted by atomic mass is 79.9. The van der Waals surface area contributed by atoms with Gasteiger partial charge in [-0.15, -0.1) is 0 Å². The van der Waals surface area contributed by atoms with Gasteiger partial charge in [-0.05, 0) is 26.9 Å². The molecule has 0 aromatic carbocycles. The average Bonchev–Trinajstić information content (AvgIpc) is 2.45. The summed E-state index contributed by atoms with van der Waals surface area (Å²) in [5.74, 6) is -0.290. The van der Waals surface area contributed by atoms with E-state index in [1.165, 1.54) is 4.68 Å². The summed E-state index contributed by atoms with van der Waals surface area (Å²) in [5, 5.41) is 14.6. The molecule has 0 fully saturated rings. The number of rotatable bonds is 1. The van der Waals surface area contributed by atoms with Gasteiger partial charge in [-0.3, -0.25) is 0 Å². The first-order valence-corrected chi connectivity index (χ1v) is 5.01. The fraction of sp³-hybridized carbons (Fsp3) is 0.143. The van der Waals surface area contributed by atoms with Gasteiger partial charge in [0.15, 0.2) is 5.52 Å². The maximum Gasteiger partial charge on any atom is 0.416 e. The first-order valence-electron chi connectivity index (χ1n) is 3.84. The number of hydrogen-bond acceptors (Lipinski definition) is 4. The van der Waals surface area contributed by atoms with E-state index in [-0.39, 0.29) is 16.5 Å². The lowest BCUT2D eigenvalue weighted by atomic mass is 10.4. The van der Waals surface area contributed by atoms with Crippen LogP contribution in [0.25, 0.3) is 11.0 Å². The average molecular weight is 291 g/mol. The quantitative estimate of drug-likeness (QED) is 0.459. The minimum absolute atomic E-state index is 0.179. The summed E-state index contributed by atoms with van der Waals surface area (Å²) < 4.78 is 1.97. The van der Waals surface area contributed by atoms with E-state index in [1.807, 2.05) is 0 Å². The summed E-state index contributed by atoms with van der Waals surface area (Å²) in [6.45, 7) is 0. The van der Waals surface area contributed by atoms with Gasteiger partial charge < -0.3 is 10.1 Å². The van der Waals surface area contributed by atoms with Gasteiger partial charge in [0, 0.05) is 0 Å². The Hall–Kier alpha value is -1.21. The highest BCUT2D eigenvalue weighted by Gasteiger charge is 2.22. The van der Waals surface area contributed by atoms with Crippen LogP contribution in [0.15, 0.2) is 10.5 Å².